The van der Waals surface area contributed by atoms with Crippen LogP contribution in [0.5, 0.6) is 0 Å². The van der Waals surface area contributed by atoms with Crippen LogP contribution in [0.15, 0.2) is 109 Å². The van der Waals surface area contributed by atoms with Crippen LogP contribution < -0.4 is 24.8 Å². The van der Waals surface area contributed by atoms with Crippen LogP contribution in [0.3, 0.4) is 0 Å². The van der Waals surface area contributed by atoms with Crippen LogP contribution in [0, 0.1) is 0 Å². The molecule has 0 bridgehead atoms. The van der Waals surface area contributed by atoms with Crippen LogP contribution in [0.1, 0.15) is 0 Å². The van der Waals surface area contributed by atoms with Gasteiger partial charge in [0.25, 0.3) is 0 Å². The van der Waals surface area contributed by atoms with Gasteiger partial charge in [0.05, 0.1) is 0 Å². The summed E-state index contributed by atoms with van der Waals surface area (Å²) in [6.45, 7) is 4.42. The number of halogens is 2. The van der Waals surface area contributed by atoms with Gasteiger partial charge in [-0.3, -0.25) is 0 Å². The Bertz CT molecular complexity index is 714. The van der Waals surface area contributed by atoms with Crippen LogP contribution in [-0.2, 0) is 25.8 Å². The Morgan fingerprint density at radius 2 is 0.750 bits per heavy atom. The summed E-state index contributed by atoms with van der Waals surface area (Å²) in [5.74, 6) is 0. The standard InChI is InChI=1S/2C11H9.C2H7Si.2ClH.Hf/c2*1-2-6-10(7-3-1)11-8-4-5-9-11;1-3-2;;;/h2*1-9H;3H,1-2H3;2*1H;/q2*-1;;;;+4/p-2. The SMILES string of the molecule is C[SiH]C.[Cl-].[Cl-].[Hf+4].c1ccc(-[c-]2cccc2)cc1.c1ccc(-[c-]2cccc2)cc1. The van der Waals surface area contributed by atoms with E-state index in [9.17, 15) is 0 Å². The zero-order valence-corrected chi connectivity index (χ0v) is 22.5. The summed E-state index contributed by atoms with van der Waals surface area (Å²) < 4.78 is 0. The van der Waals surface area contributed by atoms with Gasteiger partial charge in [-0.2, -0.15) is 24.3 Å². The zero-order valence-electron chi connectivity index (χ0n) is 16.2. The molecule has 143 valence electrons. The first-order valence-electron chi connectivity index (χ1n) is 8.63. The van der Waals surface area contributed by atoms with Crippen molar-refractivity contribution in [2.75, 3.05) is 0 Å². The van der Waals surface area contributed by atoms with Crippen molar-refractivity contribution in [2.24, 2.45) is 0 Å². The number of benzene rings is 2. The molecular weight excluding hydrogens is 566 g/mol. The largest absolute Gasteiger partial charge is 4.00 e. The molecule has 1 radical (unpaired) electrons. The predicted octanol–water partition coefficient (Wildman–Crippen LogP) is 0.670. The van der Waals surface area contributed by atoms with Gasteiger partial charge < -0.3 is 24.8 Å². The van der Waals surface area contributed by atoms with Crippen molar-refractivity contribution in [3.8, 4) is 22.3 Å². The zero-order chi connectivity index (χ0) is 17.7. The summed E-state index contributed by atoms with van der Waals surface area (Å²) >= 11 is 0. The maximum atomic E-state index is 2.21. The first kappa shape index (κ1) is 29.0. The van der Waals surface area contributed by atoms with Gasteiger partial charge in [0, 0.05) is 9.52 Å². The molecule has 0 aromatic heterocycles. The third kappa shape index (κ3) is 10.4. The fraction of sp³-hybridized carbons (Fsp3) is 0.0833. The van der Waals surface area contributed by atoms with E-state index in [0.717, 1.165) is 9.52 Å². The van der Waals surface area contributed by atoms with Crippen LogP contribution in [0.2, 0.25) is 13.1 Å². The van der Waals surface area contributed by atoms with Crippen LogP contribution in [-0.4, -0.2) is 9.52 Å². The molecule has 4 rings (SSSR count). The summed E-state index contributed by atoms with van der Waals surface area (Å²) in [5, 5.41) is 0. The second-order valence-corrected chi connectivity index (χ2v) is 6.81. The molecule has 0 aliphatic rings. The third-order valence-electron chi connectivity index (χ3n) is 3.54. The second kappa shape index (κ2) is 17.9. The van der Waals surface area contributed by atoms with Gasteiger partial charge in [0.2, 0.25) is 0 Å². The van der Waals surface area contributed by atoms with Gasteiger partial charge >= 0.3 is 25.8 Å². The quantitative estimate of drug-likeness (QED) is 0.238. The number of hydrogen-bond donors (Lipinski definition) is 0. The molecule has 0 aliphatic heterocycles. The van der Waals surface area contributed by atoms with Crippen LogP contribution >= 0.6 is 0 Å². The summed E-state index contributed by atoms with van der Waals surface area (Å²) in [5.41, 5.74) is 5.17. The normalized spacial score (nSPS) is 8.36. The molecule has 28 heavy (non-hydrogen) atoms. The molecule has 0 N–H and O–H groups in total. The smallest absolute Gasteiger partial charge is 1.00 e. The first-order valence-corrected chi connectivity index (χ1v) is 10.9. The molecule has 4 aromatic rings. The maximum absolute atomic E-state index is 2.21. The Morgan fingerprint density at radius 3 is 1.00 bits per heavy atom. The minimum atomic E-state index is 0. The average Bonchev–Trinajstić information content (AvgIpc) is 3.39. The van der Waals surface area contributed by atoms with E-state index in [-0.39, 0.29) is 50.7 Å². The molecule has 0 unspecified atom stereocenters. The predicted molar refractivity (Wildman–Crippen MR) is 114 cm³/mol. The van der Waals surface area contributed by atoms with E-state index in [2.05, 4.69) is 110 Å². The minimum absolute atomic E-state index is 0. The van der Waals surface area contributed by atoms with Crippen molar-refractivity contribution in [1.82, 2.24) is 0 Å². The van der Waals surface area contributed by atoms with E-state index >= 15 is 0 Å². The third-order valence-corrected chi connectivity index (χ3v) is 3.54. The number of hydrogen-bond acceptors (Lipinski definition) is 0. The Balaban J connectivity index is 0. The first-order chi connectivity index (χ1) is 12.3. The molecule has 0 saturated heterocycles. The molecule has 4 heteroatoms. The van der Waals surface area contributed by atoms with Crippen molar-refractivity contribution < 1.29 is 50.7 Å². The van der Waals surface area contributed by atoms with E-state index in [4.69, 9.17) is 0 Å². The molecular formula is C24H25Cl2HfSi. The fourth-order valence-electron chi connectivity index (χ4n) is 2.39. The summed E-state index contributed by atoms with van der Waals surface area (Å²) in [6, 6.07) is 37.5. The molecule has 0 spiro atoms. The number of rotatable bonds is 2. The molecule has 4 aromatic carbocycles. The maximum Gasteiger partial charge on any atom is 4.00 e. The van der Waals surface area contributed by atoms with Crippen LogP contribution in [0.25, 0.3) is 22.3 Å². The molecule has 0 atom stereocenters. The van der Waals surface area contributed by atoms with Gasteiger partial charge in [-0.1, -0.05) is 60.6 Å². The Hall–Kier alpha value is -1.19. The van der Waals surface area contributed by atoms with E-state index in [1.165, 1.54) is 22.3 Å². The Morgan fingerprint density at radius 1 is 0.500 bits per heavy atom. The summed E-state index contributed by atoms with van der Waals surface area (Å²) in [6.07, 6.45) is 0. The molecule has 0 fully saturated rings. The van der Waals surface area contributed by atoms with Crippen LogP contribution in [0.4, 0.5) is 0 Å². The van der Waals surface area contributed by atoms with Crippen molar-refractivity contribution in [3.63, 3.8) is 0 Å². The van der Waals surface area contributed by atoms with Crippen molar-refractivity contribution in [2.45, 2.75) is 13.1 Å². The van der Waals surface area contributed by atoms with Gasteiger partial charge in [-0.15, -0.1) is 59.7 Å². The Kier molecular flexibility index (Phi) is 18.5. The van der Waals surface area contributed by atoms with E-state index < -0.39 is 0 Å². The topological polar surface area (TPSA) is 0 Å². The monoisotopic (exact) mass is 591 g/mol. The van der Waals surface area contributed by atoms with Crippen molar-refractivity contribution in [3.05, 3.63) is 109 Å². The second-order valence-electron chi connectivity index (χ2n) is 5.66. The fourth-order valence-corrected chi connectivity index (χ4v) is 2.39. The summed E-state index contributed by atoms with van der Waals surface area (Å²) in [4.78, 5) is 0. The van der Waals surface area contributed by atoms with Crippen molar-refractivity contribution >= 4 is 9.52 Å². The van der Waals surface area contributed by atoms with E-state index in [1.807, 2.05) is 12.1 Å². The minimum Gasteiger partial charge on any atom is -1.00 e. The van der Waals surface area contributed by atoms with Gasteiger partial charge in [-0.25, -0.2) is 0 Å². The molecule has 0 saturated carbocycles. The van der Waals surface area contributed by atoms with Gasteiger partial charge in [-0.05, 0) is 0 Å². The molecule has 0 aliphatic carbocycles. The van der Waals surface area contributed by atoms with E-state index in [0.29, 0.717) is 0 Å². The molecule has 0 nitrogen and oxygen atoms in total. The average molecular weight is 591 g/mol. The van der Waals surface area contributed by atoms with Gasteiger partial charge in [0.15, 0.2) is 0 Å². The molecule has 0 amide bonds. The van der Waals surface area contributed by atoms with Gasteiger partial charge in [0.1, 0.15) is 0 Å². The van der Waals surface area contributed by atoms with E-state index in [1.54, 1.807) is 0 Å². The molecule has 0 heterocycles. The van der Waals surface area contributed by atoms with Crippen molar-refractivity contribution in [1.29, 1.82) is 0 Å². The summed E-state index contributed by atoms with van der Waals surface area (Å²) in [7, 11) is 0.750. The Labute approximate surface area is 203 Å².